The normalized spacial score (nSPS) is 10.2. The molecule has 0 aromatic carbocycles. The first-order chi connectivity index (χ1) is 8.24. The summed E-state index contributed by atoms with van der Waals surface area (Å²) in [7, 11) is 0. The summed E-state index contributed by atoms with van der Waals surface area (Å²) in [5.74, 6) is 1.32. The van der Waals surface area contributed by atoms with Crippen molar-refractivity contribution in [2.75, 3.05) is 30.0 Å². The van der Waals surface area contributed by atoms with Crippen LogP contribution in [-0.2, 0) is 0 Å². The fourth-order valence-corrected chi connectivity index (χ4v) is 1.84. The molecular weight excluding hydrogens is 242 g/mol. The summed E-state index contributed by atoms with van der Waals surface area (Å²) in [5.41, 5.74) is -0.0622. The number of nitrogens with one attached hydrogen (secondary N) is 1. The van der Waals surface area contributed by atoms with Gasteiger partial charge in [0.05, 0.1) is 0 Å². The van der Waals surface area contributed by atoms with Crippen LogP contribution < -0.4 is 5.32 Å². The van der Waals surface area contributed by atoms with Crippen molar-refractivity contribution in [3.05, 3.63) is 17.8 Å². The van der Waals surface area contributed by atoms with E-state index in [-0.39, 0.29) is 12.3 Å². The Morgan fingerprint density at radius 1 is 1.35 bits per heavy atom. The zero-order valence-electron chi connectivity index (χ0n) is 9.30. The van der Waals surface area contributed by atoms with Gasteiger partial charge in [-0.05, 0) is 24.3 Å². The number of aromatic carboxylic acids is 1. The van der Waals surface area contributed by atoms with Gasteiger partial charge < -0.3 is 15.5 Å². The number of aliphatic hydroxyl groups excluding tert-OH is 1. The average Bonchev–Trinajstić information content (AvgIpc) is 2.34. The standard InChI is InChI=1S/C10H15N3O3S/c14-5-1-6-17-7-4-11-9-3-2-8(10(15)16)12-13-9/h2-3,14H,1,4-7H2,(H,11,13)(H,15,16). The Hall–Kier alpha value is -1.34. The molecule has 0 fully saturated rings. The molecule has 0 saturated carbocycles. The number of carboxylic acids is 1. The van der Waals surface area contributed by atoms with Gasteiger partial charge in [0.15, 0.2) is 5.69 Å². The minimum absolute atomic E-state index is 0.0622. The van der Waals surface area contributed by atoms with E-state index in [0.717, 1.165) is 24.5 Å². The number of carboxylic acid groups (broad SMARTS) is 1. The Bertz CT molecular complexity index is 345. The van der Waals surface area contributed by atoms with Gasteiger partial charge in [0.2, 0.25) is 0 Å². The van der Waals surface area contributed by atoms with Gasteiger partial charge in [-0.15, -0.1) is 10.2 Å². The lowest BCUT2D eigenvalue weighted by atomic mass is 10.4. The average molecular weight is 257 g/mol. The molecule has 17 heavy (non-hydrogen) atoms. The molecule has 0 bridgehead atoms. The highest BCUT2D eigenvalue weighted by Crippen LogP contribution is 2.04. The van der Waals surface area contributed by atoms with E-state index in [1.807, 2.05) is 0 Å². The van der Waals surface area contributed by atoms with Crippen LogP contribution in [0.1, 0.15) is 16.9 Å². The lowest BCUT2D eigenvalue weighted by molar-refractivity contribution is 0.0689. The Labute approximate surface area is 103 Å². The number of thioether (sulfide) groups is 1. The molecule has 0 spiro atoms. The highest BCUT2D eigenvalue weighted by molar-refractivity contribution is 7.99. The predicted octanol–water partition coefficient (Wildman–Crippen LogP) is 0.702. The molecule has 1 aromatic heterocycles. The van der Waals surface area contributed by atoms with Crippen molar-refractivity contribution in [3.63, 3.8) is 0 Å². The molecule has 0 unspecified atom stereocenters. The topological polar surface area (TPSA) is 95.3 Å². The first-order valence-corrected chi connectivity index (χ1v) is 6.39. The fraction of sp³-hybridized carbons (Fsp3) is 0.500. The lowest BCUT2D eigenvalue weighted by Crippen LogP contribution is -2.09. The molecule has 6 nitrogen and oxygen atoms in total. The number of nitrogens with zero attached hydrogens (tertiary/aromatic N) is 2. The second-order valence-electron chi connectivity index (χ2n) is 3.23. The van der Waals surface area contributed by atoms with Crippen LogP contribution in [0.25, 0.3) is 0 Å². The van der Waals surface area contributed by atoms with Gasteiger partial charge in [0.25, 0.3) is 0 Å². The van der Waals surface area contributed by atoms with Gasteiger partial charge in [-0.2, -0.15) is 11.8 Å². The summed E-state index contributed by atoms with van der Waals surface area (Å²) in [6.07, 6.45) is 0.803. The van der Waals surface area contributed by atoms with Gasteiger partial charge in [-0.25, -0.2) is 4.79 Å². The van der Waals surface area contributed by atoms with E-state index in [2.05, 4.69) is 15.5 Å². The molecule has 1 heterocycles. The van der Waals surface area contributed by atoms with E-state index in [0.29, 0.717) is 5.82 Å². The van der Waals surface area contributed by atoms with Crippen molar-refractivity contribution in [1.82, 2.24) is 10.2 Å². The highest BCUT2D eigenvalue weighted by atomic mass is 32.2. The molecule has 0 saturated heterocycles. The van der Waals surface area contributed by atoms with Crippen molar-refractivity contribution >= 4 is 23.5 Å². The van der Waals surface area contributed by atoms with Crippen molar-refractivity contribution < 1.29 is 15.0 Å². The van der Waals surface area contributed by atoms with E-state index < -0.39 is 5.97 Å². The van der Waals surface area contributed by atoms with E-state index in [1.54, 1.807) is 17.8 Å². The molecule has 0 amide bonds. The summed E-state index contributed by atoms with van der Waals surface area (Å²) in [4.78, 5) is 10.5. The number of aliphatic hydroxyl groups is 1. The maximum absolute atomic E-state index is 10.5. The van der Waals surface area contributed by atoms with E-state index >= 15 is 0 Å². The van der Waals surface area contributed by atoms with Gasteiger partial charge in [0.1, 0.15) is 5.82 Å². The molecule has 0 aliphatic carbocycles. The van der Waals surface area contributed by atoms with Crippen LogP contribution in [0.4, 0.5) is 5.82 Å². The monoisotopic (exact) mass is 257 g/mol. The van der Waals surface area contributed by atoms with Crippen LogP contribution in [-0.4, -0.2) is 51.0 Å². The smallest absolute Gasteiger partial charge is 0.356 e. The number of hydrogen-bond acceptors (Lipinski definition) is 6. The summed E-state index contributed by atoms with van der Waals surface area (Å²) < 4.78 is 0. The molecule has 1 rings (SSSR count). The molecule has 3 N–H and O–H groups in total. The highest BCUT2D eigenvalue weighted by Gasteiger charge is 2.04. The molecule has 7 heteroatoms. The van der Waals surface area contributed by atoms with Crippen LogP contribution >= 0.6 is 11.8 Å². The molecule has 0 atom stereocenters. The maximum atomic E-state index is 10.5. The largest absolute Gasteiger partial charge is 0.476 e. The fourth-order valence-electron chi connectivity index (χ4n) is 1.06. The van der Waals surface area contributed by atoms with Crippen molar-refractivity contribution in [2.45, 2.75) is 6.42 Å². The van der Waals surface area contributed by atoms with Crippen LogP contribution in [0.2, 0.25) is 0 Å². The third-order valence-corrected chi connectivity index (χ3v) is 2.95. The predicted molar refractivity (Wildman–Crippen MR) is 66.5 cm³/mol. The zero-order chi connectivity index (χ0) is 12.5. The zero-order valence-corrected chi connectivity index (χ0v) is 10.1. The number of carbonyl (C=O) groups is 1. The SMILES string of the molecule is O=C(O)c1ccc(NCCSCCCO)nn1. The summed E-state index contributed by atoms with van der Waals surface area (Å²) in [6, 6.07) is 3.01. The quantitative estimate of drug-likeness (QED) is 0.590. The maximum Gasteiger partial charge on any atom is 0.356 e. The molecule has 1 aromatic rings. The second kappa shape index (κ2) is 7.86. The molecular formula is C10H15N3O3S. The van der Waals surface area contributed by atoms with Crippen LogP contribution in [0.3, 0.4) is 0 Å². The third-order valence-electron chi connectivity index (χ3n) is 1.88. The van der Waals surface area contributed by atoms with E-state index in [9.17, 15) is 4.79 Å². The summed E-state index contributed by atoms with van der Waals surface area (Å²) in [6.45, 7) is 0.958. The van der Waals surface area contributed by atoms with Gasteiger partial charge in [0, 0.05) is 18.9 Å². The Morgan fingerprint density at radius 2 is 2.18 bits per heavy atom. The van der Waals surface area contributed by atoms with E-state index in [4.69, 9.17) is 10.2 Å². The Kier molecular flexibility index (Phi) is 6.34. The number of hydrogen-bond donors (Lipinski definition) is 3. The number of rotatable bonds is 8. The van der Waals surface area contributed by atoms with Gasteiger partial charge in [-0.3, -0.25) is 0 Å². The summed E-state index contributed by atoms with van der Waals surface area (Å²) >= 11 is 1.74. The molecule has 0 radical (unpaired) electrons. The van der Waals surface area contributed by atoms with Crippen molar-refractivity contribution in [3.8, 4) is 0 Å². The van der Waals surface area contributed by atoms with Crippen LogP contribution in [0, 0.1) is 0 Å². The first kappa shape index (κ1) is 13.7. The number of anilines is 1. The molecule has 94 valence electrons. The van der Waals surface area contributed by atoms with Gasteiger partial charge in [-0.1, -0.05) is 0 Å². The Morgan fingerprint density at radius 3 is 2.76 bits per heavy atom. The number of aromatic nitrogens is 2. The van der Waals surface area contributed by atoms with Crippen molar-refractivity contribution in [2.24, 2.45) is 0 Å². The second-order valence-corrected chi connectivity index (χ2v) is 4.45. The third kappa shape index (κ3) is 5.50. The van der Waals surface area contributed by atoms with Crippen LogP contribution in [0.5, 0.6) is 0 Å². The first-order valence-electron chi connectivity index (χ1n) is 5.23. The lowest BCUT2D eigenvalue weighted by Gasteiger charge is -2.04. The molecule has 0 aliphatic heterocycles. The minimum Gasteiger partial charge on any atom is -0.476 e. The minimum atomic E-state index is -1.08. The van der Waals surface area contributed by atoms with Crippen LogP contribution in [0.15, 0.2) is 12.1 Å². The summed E-state index contributed by atoms with van der Waals surface area (Å²) in [5, 5.41) is 27.5. The Balaban J connectivity index is 2.21. The van der Waals surface area contributed by atoms with Gasteiger partial charge >= 0.3 is 5.97 Å². The molecule has 0 aliphatic rings. The van der Waals surface area contributed by atoms with E-state index in [1.165, 1.54) is 6.07 Å². The van der Waals surface area contributed by atoms with Crippen molar-refractivity contribution in [1.29, 1.82) is 0 Å².